The van der Waals surface area contributed by atoms with Crippen LogP contribution < -0.4 is 10.6 Å². The number of aliphatic hydroxyl groups is 1. The predicted molar refractivity (Wildman–Crippen MR) is 64.8 cm³/mol. The van der Waals surface area contributed by atoms with Gasteiger partial charge in [-0.3, -0.25) is 4.98 Å². The second-order valence-electron chi connectivity index (χ2n) is 3.86. The van der Waals surface area contributed by atoms with Gasteiger partial charge in [-0.1, -0.05) is 0 Å². The van der Waals surface area contributed by atoms with Crippen LogP contribution in [0.4, 0.5) is 5.69 Å². The van der Waals surface area contributed by atoms with Crippen LogP contribution >= 0.6 is 12.2 Å². The summed E-state index contributed by atoms with van der Waals surface area (Å²) in [5.74, 6) is 0. The quantitative estimate of drug-likeness (QED) is 0.673. The first-order valence-electron chi connectivity index (χ1n) is 4.63. The third kappa shape index (κ3) is 4.22. The van der Waals surface area contributed by atoms with Crippen molar-refractivity contribution < 1.29 is 5.11 Å². The lowest BCUT2D eigenvalue weighted by atomic mass is 10.1. The maximum atomic E-state index is 9.05. The number of aromatic nitrogens is 1. The first-order chi connectivity index (χ1) is 7.03. The number of anilines is 1. The average molecular weight is 225 g/mol. The molecule has 3 N–H and O–H groups in total. The Balaban J connectivity index is 2.51. The molecule has 1 aromatic heterocycles. The number of nitrogens with zero attached hydrogens (tertiary/aromatic N) is 1. The van der Waals surface area contributed by atoms with E-state index in [-0.39, 0.29) is 6.61 Å². The highest BCUT2D eigenvalue weighted by Crippen LogP contribution is 2.04. The van der Waals surface area contributed by atoms with Gasteiger partial charge >= 0.3 is 0 Å². The van der Waals surface area contributed by atoms with E-state index in [1.54, 1.807) is 12.4 Å². The first kappa shape index (κ1) is 11.9. The summed E-state index contributed by atoms with van der Waals surface area (Å²) in [5, 5.41) is 15.5. The molecule has 0 unspecified atom stereocenters. The van der Waals surface area contributed by atoms with Crippen LogP contribution in [0.25, 0.3) is 0 Å². The van der Waals surface area contributed by atoms with E-state index >= 15 is 0 Å². The molecule has 0 aliphatic heterocycles. The van der Waals surface area contributed by atoms with Gasteiger partial charge in [-0.2, -0.15) is 0 Å². The van der Waals surface area contributed by atoms with E-state index < -0.39 is 5.54 Å². The Morgan fingerprint density at radius 1 is 1.60 bits per heavy atom. The van der Waals surface area contributed by atoms with Crippen molar-refractivity contribution in [1.29, 1.82) is 0 Å². The van der Waals surface area contributed by atoms with Crippen molar-refractivity contribution in [2.45, 2.75) is 19.4 Å². The summed E-state index contributed by atoms with van der Waals surface area (Å²) in [7, 11) is 0. The molecule has 0 aromatic carbocycles. The number of nitrogens with one attached hydrogen (secondary N) is 2. The SMILES string of the molecule is CC(C)(CO)NC(=S)Nc1cccnc1. The molecule has 0 aliphatic carbocycles. The molecule has 0 radical (unpaired) electrons. The van der Waals surface area contributed by atoms with Gasteiger partial charge in [-0.15, -0.1) is 0 Å². The maximum Gasteiger partial charge on any atom is 0.171 e. The fourth-order valence-corrected chi connectivity index (χ4v) is 1.34. The minimum absolute atomic E-state index is 0.0157. The topological polar surface area (TPSA) is 57.2 Å². The van der Waals surface area contributed by atoms with Gasteiger partial charge in [0, 0.05) is 6.20 Å². The smallest absolute Gasteiger partial charge is 0.171 e. The molecule has 0 spiro atoms. The Labute approximate surface area is 94.7 Å². The molecule has 1 heterocycles. The largest absolute Gasteiger partial charge is 0.394 e. The van der Waals surface area contributed by atoms with Crippen LogP contribution in [0.2, 0.25) is 0 Å². The molecule has 0 atom stereocenters. The third-order valence-corrected chi connectivity index (χ3v) is 1.97. The molecule has 0 amide bonds. The van der Waals surface area contributed by atoms with Crippen LogP contribution in [-0.2, 0) is 0 Å². The third-order valence-electron chi connectivity index (χ3n) is 1.77. The molecular weight excluding hydrogens is 210 g/mol. The van der Waals surface area contributed by atoms with Crippen molar-refractivity contribution in [3.8, 4) is 0 Å². The summed E-state index contributed by atoms with van der Waals surface area (Å²) < 4.78 is 0. The van der Waals surface area contributed by atoms with E-state index in [2.05, 4.69) is 15.6 Å². The van der Waals surface area contributed by atoms with Gasteiger partial charge in [0.1, 0.15) is 0 Å². The van der Waals surface area contributed by atoms with Gasteiger partial charge in [0.2, 0.25) is 0 Å². The van der Waals surface area contributed by atoms with Crippen molar-refractivity contribution in [2.24, 2.45) is 0 Å². The zero-order valence-corrected chi connectivity index (χ0v) is 9.64. The molecule has 0 bridgehead atoms. The molecule has 4 nitrogen and oxygen atoms in total. The molecule has 1 aromatic rings. The number of thiocarbonyl (C=S) groups is 1. The number of hydrogen-bond acceptors (Lipinski definition) is 3. The van der Waals surface area contributed by atoms with Crippen LogP contribution in [-0.4, -0.2) is 27.3 Å². The summed E-state index contributed by atoms with van der Waals surface area (Å²) >= 11 is 5.09. The molecular formula is C10H15N3OS. The molecule has 5 heteroatoms. The van der Waals surface area contributed by atoms with E-state index in [1.807, 2.05) is 26.0 Å². The maximum absolute atomic E-state index is 9.05. The zero-order valence-electron chi connectivity index (χ0n) is 8.82. The van der Waals surface area contributed by atoms with Crippen LogP contribution in [0.15, 0.2) is 24.5 Å². The second-order valence-corrected chi connectivity index (χ2v) is 4.27. The standard InChI is InChI=1S/C10H15N3OS/c1-10(2,7-14)13-9(15)12-8-4-3-5-11-6-8/h3-6,14H,7H2,1-2H3,(H2,12,13,15). The lowest BCUT2D eigenvalue weighted by Gasteiger charge is -2.25. The van der Waals surface area contributed by atoms with Crippen molar-refractivity contribution >= 4 is 23.0 Å². The Kier molecular flexibility index (Phi) is 3.99. The van der Waals surface area contributed by atoms with E-state index in [1.165, 1.54) is 0 Å². The van der Waals surface area contributed by atoms with Crippen molar-refractivity contribution in [1.82, 2.24) is 10.3 Å². The highest BCUT2D eigenvalue weighted by Gasteiger charge is 2.16. The molecule has 1 rings (SSSR count). The molecule has 15 heavy (non-hydrogen) atoms. The van der Waals surface area contributed by atoms with Crippen molar-refractivity contribution in [3.05, 3.63) is 24.5 Å². The molecule has 0 fully saturated rings. The molecule has 0 aliphatic rings. The van der Waals surface area contributed by atoms with Gasteiger partial charge in [-0.25, -0.2) is 0 Å². The number of pyridine rings is 1. The summed E-state index contributed by atoms with van der Waals surface area (Å²) in [5.41, 5.74) is 0.399. The summed E-state index contributed by atoms with van der Waals surface area (Å²) in [6, 6.07) is 3.69. The Bertz CT molecular complexity index is 327. The average Bonchev–Trinajstić information content (AvgIpc) is 2.18. The van der Waals surface area contributed by atoms with Crippen LogP contribution in [0.5, 0.6) is 0 Å². The molecule has 0 saturated carbocycles. The van der Waals surface area contributed by atoms with Gasteiger partial charge in [0.25, 0.3) is 0 Å². The predicted octanol–water partition coefficient (Wildman–Crippen LogP) is 1.14. The fraction of sp³-hybridized carbons (Fsp3) is 0.400. The van der Waals surface area contributed by atoms with Crippen LogP contribution in [0, 0.1) is 0 Å². The monoisotopic (exact) mass is 225 g/mol. The molecule has 0 saturated heterocycles. The first-order valence-corrected chi connectivity index (χ1v) is 5.04. The second kappa shape index (κ2) is 5.04. The van der Waals surface area contributed by atoms with Gasteiger partial charge in [-0.05, 0) is 38.2 Å². The summed E-state index contributed by atoms with van der Waals surface area (Å²) in [6.45, 7) is 3.75. The fourth-order valence-electron chi connectivity index (χ4n) is 0.946. The Morgan fingerprint density at radius 3 is 2.87 bits per heavy atom. The minimum atomic E-state index is -0.424. The summed E-state index contributed by atoms with van der Waals surface area (Å²) in [6.07, 6.45) is 3.37. The van der Waals surface area contributed by atoms with Crippen molar-refractivity contribution in [3.63, 3.8) is 0 Å². The van der Waals surface area contributed by atoms with E-state index in [4.69, 9.17) is 17.3 Å². The highest BCUT2D eigenvalue weighted by atomic mass is 32.1. The lowest BCUT2D eigenvalue weighted by molar-refractivity contribution is 0.207. The van der Waals surface area contributed by atoms with E-state index in [9.17, 15) is 0 Å². The normalized spacial score (nSPS) is 10.9. The zero-order chi connectivity index (χ0) is 11.3. The number of rotatable bonds is 3. The van der Waals surface area contributed by atoms with Gasteiger partial charge in [0.05, 0.1) is 24.0 Å². The number of aliphatic hydroxyl groups excluding tert-OH is 1. The minimum Gasteiger partial charge on any atom is -0.394 e. The van der Waals surface area contributed by atoms with Crippen LogP contribution in [0.3, 0.4) is 0 Å². The van der Waals surface area contributed by atoms with E-state index in [0.29, 0.717) is 5.11 Å². The van der Waals surface area contributed by atoms with Gasteiger partial charge in [0.15, 0.2) is 5.11 Å². The highest BCUT2D eigenvalue weighted by molar-refractivity contribution is 7.80. The van der Waals surface area contributed by atoms with Gasteiger partial charge < -0.3 is 15.7 Å². The van der Waals surface area contributed by atoms with Crippen LogP contribution in [0.1, 0.15) is 13.8 Å². The van der Waals surface area contributed by atoms with E-state index in [0.717, 1.165) is 5.69 Å². The number of hydrogen-bond donors (Lipinski definition) is 3. The van der Waals surface area contributed by atoms with Crippen molar-refractivity contribution in [2.75, 3.05) is 11.9 Å². The molecule has 82 valence electrons. The summed E-state index contributed by atoms with van der Waals surface area (Å²) in [4.78, 5) is 3.96. The Morgan fingerprint density at radius 2 is 2.33 bits per heavy atom. The lowest BCUT2D eigenvalue weighted by Crippen LogP contribution is -2.47. The Hall–Kier alpha value is -1.20.